The first-order valence-corrected chi connectivity index (χ1v) is 6.49. The molecule has 0 spiro atoms. The second-order valence-electron chi connectivity index (χ2n) is 3.82. The Hall–Kier alpha value is -2.54. The first-order valence-electron chi connectivity index (χ1n) is 5.67. The standard InChI is InChI=1S/C13H8FN3O2S/c14-9-5-2-1-4-8(9)12-16-17-13(20-12)15-11(18)10-6-3-7-19-10/h1-7H,(H,15,17,18). The van der Waals surface area contributed by atoms with E-state index in [4.69, 9.17) is 4.42 Å². The molecule has 2 aromatic heterocycles. The first-order chi connectivity index (χ1) is 9.74. The molecular formula is C13H8FN3O2S. The molecule has 0 radical (unpaired) electrons. The van der Waals surface area contributed by atoms with Gasteiger partial charge in [-0.25, -0.2) is 4.39 Å². The first kappa shape index (κ1) is 12.5. The number of hydrogen-bond donors (Lipinski definition) is 1. The van der Waals surface area contributed by atoms with Crippen LogP contribution in [0.1, 0.15) is 10.6 Å². The van der Waals surface area contributed by atoms with Crippen LogP contribution in [0.4, 0.5) is 9.52 Å². The van der Waals surface area contributed by atoms with Crippen molar-refractivity contribution in [2.45, 2.75) is 0 Å². The molecule has 0 unspecified atom stereocenters. The van der Waals surface area contributed by atoms with Crippen molar-refractivity contribution in [3.63, 3.8) is 0 Å². The van der Waals surface area contributed by atoms with Gasteiger partial charge in [0.2, 0.25) is 5.13 Å². The molecule has 0 fully saturated rings. The Bertz CT molecular complexity index is 740. The Kier molecular flexibility index (Phi) is 3.26. The minimum atomic E-state index is -0.425. The zero-order chi connectivity index (χ0) is 13.9. The van der Waals surface area contributed by atoms with Crippen LogP contribution in [0.2, 0.25) is 0 Å². The van der Waals surface area contributed by atoms with Crippen molar-refractivity contribution in [2.24, 2.45) is 0 Å². The Labute approximate surface area is 117 Å². The zero-order valence-corrected chi connectivity index (χ0v) is 10.9. The summed E-state index contributed by atoms with van der Waals surface area (Å²) in [6, 6.07) is 9.40. The number of carbonyl (C=O) groups is 1. The number of benzene rings is 1. The van der Waals surface area contributed by atoms with Gasteiger partial charge in [0.25, 0.3) is 5.91 Å². The molecule has 2 heterocycles. The monoisotopic (exact) mass is 289 g/mol. The van der Waals surface area contributed by atoms with Crippen molar-refractivity contribution in [3.8, 4) is 10.6 Å². The Balaban J connectivity index is 1.81. The van der Waals surface area contributed by atoms with E-state index in [1.165, 1.54) is 18.4 Å². The number of furan rings is 1. The van der Waals surface area contributed by atoms with E-state index >= 15 is 0 Å². The van der Waals surface area contributed by atoms with Crippen molar-refractivity contribution < 1.29 is 13.6 Å². The summed E-state index contributed by atoms with van der Waals surface area (Å²) in [5, 5.41) is 10.9. The topological polar surface area (TPSA) is 68.0 Å². The lowest BCUT2D eigenvalue weighted by atomic mass is 10.2. The molecule has 7 heteroatoms. The second kappa shape index (κ2) is 5.22. The van der Waals surface area contributed by atoms with Crippen LogP contribution in [-0.2, 0) is 0 Å². The number of carbonyl (C=O) groups excluding carboxylic acids is 1. The van der Waals surface area contributed by atoms with Crippen molar-refractivity contribution in [1.82, 2.24) is 10.2 Å². The molecule has 3 aromatic rings. The smallest absolute Gasteiger partial charge is 0.293 e. The highest BCUT2D eigenvalue weighted by Crippen LogP contribution is 2.28. The fourth-order valence-corrected chi connectivity index (χ4v) is 2.35. The number of nitrogens with zero attached hydrogens (tertiary/aromatic N) is 2. The van der Waals surface area contributed by atoms with Gasteiger partial charge >= 0.3 is 0 Å². The van der Waals surface area contributed by atoms with Crippen molar-refractivity contribution in [1.29, 1.82) is 0 Å². The molecule has 0 saturated carbocycles. The highest BCUT2D eigenvalue weighted by Gasteiger charge is 2.14. The molecule has 1 N–H and O–H groups in total. The lowest BCUT2D eigenvalue weighted by molar-refractivity contribution is 0.0996. The minimum absolute atomic E-state index is 0.174. The van der Waals surface area contributed by atoms with Gasteiger partial charge in [-0.15, -0.1) is 10.2 Å². The van der Waals surface area contributed by atoms with Gasteiger partial charge in [-0.1, -0.05) is 23.5 Å². The molecule has 0 atom stereocenters. The number of hydrogen-bond acceptors (Lipinski definition) is 5. The van der Waals surface area contributed by atoms with Crippen LogP contribution in [0, 0.1) is 5.82 Å². The van der Waals surface area contributed by atoms with Crippen LogP contribution < -0.4 is 5.32 Å². The maximum absolute atomic E-state index is 13.6. The van der Waals surface area contributed by atoms with Crippen LogP contribution in [0.5, 0.6) is 0 Å². The summed E-state index contributed by atoms with van der Waals surface area (Å²) >= 11 is 1.09. The molecule has 100 valence electrons. The summed E-state index contributed by atoms with van der Waals surface area (Å²) in [4.78, 5) is 11.7. The maximum atomic E-state index is 13.6. The maximum Gasteiger partial charge on any atom is 0.293 e. The highest BCUT2D eigenvalue weighted by molar-refractivity contribution is 7.18. The van der Waals surface area contributed by atoms with Gasteiger partial charge in [0.15, 0.2) is 10.8 Å². The number of amides is 1. The van der Waals surface area contributed by atoms with E-state index in [0.717, 1.165) is 11.3 Å². The molecular weight excluding hydrogens is 281 g/mol. The summed E-state index contributed by atoms with van der Waals surface area (Å²) < 4.78 is 18.6. The predicted molar refractivity (Wildman–Crippen MR) is 72.0 cm³/mol. The molecule has 20 heavy (non-hydrogen) atoms. The summed E-state index contributed by atoms with van der Waals surface area (Å²) in [7, 11) is 0. The molecule has 0 aliphatic rings. The van der Waals surface area contributed by atoms with Gasteiger partial charge < -0.3 is 4.42 Å². The van der Waals surface area contributed by atoms with Crippen molar-refractivity contribution in [2.75, 3.05) is 5.32 Å². The van der Waals surface area contributed by atoms with Crippen molar-refractivity contribution in [3.05, 3.63) is 54.2 Å². The van der Waals surface area contributed by atoms with E-state index in [-0.39, 0.29) is 16.7 Å². The quantitative estimate of drug-likeness (QED) is 0.804. The summed E-state index contributed by atoms with van der Waals surface area (Å²) in [6.45, 7) is 0. The Morgan fingerprint density at radius 2 is 2.05 bits per heavy atom. The van der Waals surface area contributed by atoms with Crippen molar-refractivity contribution >= 4 is 22.4 Å². The van der Waals surface area contributed by atoms with Gasteiger partial charge in [-0.3, -0.25) is 10.1 Å². The van der Waals surface area contributed by atoms with Crippen LogP contribution in [0.15, 0.2) is 47.1 Å². The number of aromatic nitrogens is 2. The highest BCUT2D eigenvalue weighted by atomic mass is 32.1. The molecule has 0 saturated heterocycles. The van der Waals surface area contributed by atoms with Gasteiger partial charge in [0.1, 0.15) is 5.82 Å². The lowest BCUT2D eigenvalue weighted by Gasteiger charge is -1.97. The van der Waals surface area contributed by atoms with E-state index in [0.29, 0.717) is 10.6 Å². The van der Waals surface area contributed by atoms with Gasteiger partial charge in [-0.05, 0) is 24.3 Å². The second-order valence-corrected chi connectivity index (χ2v) is 4.80. The summed E-state index contributed by atoms with van der Waals surface area (Å²) in [5.74, 6) is -0.633. The van der Waals surface area contributed by atoms with Crippen LogP contribution in [0.3, 0.4) is 0 Å². The Morgan fingerprint density at radius 1 is 1.20 bits per heavy atom. The predicted octanol–water partition coefficient (Wildman–Crippen LogP) is 3.19. The molecule has 0 aliphatic carbocycles. The number of anilines is 1. The van der Waals surface area contributed by atoms with Gasteiger partial charge in [0.05, 0.1) is 6.26 Å². The van der Waals surface area contributed by atoms with E-state index in [1.54, 1.807) is 24.3 Å². The minimum Gasteiger partial charge on any atom is -0.459 e. The fraction of sp³-hybridized carbons (Fsp3) is 0. The molecule has 0 aliphatic heterocycles. The van der Waals surface area contributed by atoms with E-state index in [9.17, 15) is 9.18 Å². The third-order valence-electron chi connectivity index (χ3n) is 2.49. The molecule has 5 nitrogen and oxygen atoms in total. The van der Waals surface area contributed by atoms with E-state index < -0.39 is 5.91 Å². The van der Waals surface area contributed by atoms with E-state index in [2.05, 4.69) is 15.5 Å². The van der Waals surface area contributed by atoms with Crippen LogP contribution in [0.25, 0.3) is 10.6 Å². The number of nitrogens with one attached hydrogen (secondary N) is 1. The SMILES string of the molecule is O=C(Nc1nnc(-c2ccccc2F)s1)c1ccco1. The average molecular weight is 289 g/mol. The number of halogens is 1. The van der Waals surface area contributed by atoms with Gasteiger partial charge in [0, 0.05) is 5.56 Å². The molecule has 3 rings (SSSR count). The summed E-state index contributed by atoms with van der Waals surface area (Å²) in [5.41, 5.74) is 0.350. The summed E-state index contributed by atoms with van der Waals surface area (Å²) in [6.07, 6.45) is 1.40. The molecule has 1 amide bonds. The lowest BCUT2D eigenvalue weighted by Crippen LogP contribution is -2.10. The zero-order valence-electron chi connectivity index (χ0n) is 10.0. The normalized spacial score (nSPS) is 10.4. The third-order valence-corrected chi connectivity index (χ3v) is 3.37. The average Bonchev–Trinajstić information content (AvgIpc) is 3.10. The Morgan fingerprint density at radius 3 is 2.80 bits per heavy atom. The van der Waals surface area contributed by atoms with Crippen LogP contribution in [-0.4, -0.2) is 16.1 Å². The van der Waals surface area contributed by atoms with E-state index in [1.807, 2.05) is 0 Å². The third kappa shape index (κ3) is 2.43. The van der Waals surface area contributed by atoms with Gasteiger partial charge in [-0.2, -0.15) is 0 Å². The number of rotatable bonds is 3. The largest absolute Gasteiger partial charge is 0.459 e. The fourth-order valence-electron chi connectivity index (χ4n) is 1.58. The molecule has 1 aromatic carbocycles. The molecule has 0 bridgehead atoms. The van der Waals surface area contributed by atoms with Crippen LogP contribution >= 0.6 is 11.3 Å².